The van der Waals surface area contributed by atoms with Crippen molar-refractivity contribution in [2.24, 2.45) is 5.92 Å². The van der Waals surface area contributed by atoms with Gasteiger partial charge in [-0.15, -0.1) is 0 Å². The summed E-state index contributed by atoms with van der Waals surface area (Å²) in [6.07, 6.45) is 3.73. The van der Waals surface area contributed by atoms with Crippen molar-refractivity contribution in [2.45, 2.75) is 38.1 Å². The molecular formula is C22H29BN4O5. The van der Waals surface area contributed by atoms with E-state index in [-0.39, 0.29) is 29.9 Å². The number of hydrogen-bond donors (Lipinski definition) is 2. The normalized spacial score (nSPS) is 22.2. The van der Waals surface area contributed by atoms with Crippen LogP contribution in [0.2, 0.25) is 0 Å². The van der Waals surface area contributed by atoms with E-state index in [2.05, 4.69) is 23.4 Å². The molecule has 3 heterocycles. The SMILES string of the molecule is BN1CCC(CCOCCNc2cccc3c2C(=O)N(C2CCC(=O)NC2=O)C3=O)CC1. The average Bonchev–Trinajstić information content (AvgIpc) is 3.03. The van der Waals surface area contributed by atoms with Gasteiger partial charge in [-0.3, -0.25) is 29.4 Å². The molecule has 3 aliphatic heterocycles. The van der Waals surface area contributed by atoms with Crippen LogP contribution in [-0.4, -0.2) is 80.2 Å². The minimum atomic E-state index is -0.962. The number of anilines is 1. The van der Waals surface area contributed by atoms with E-state index in [0.717, 1.165) is 30.3 Å². The lowest BCUT2D eigenvalue weighted by Crippen LogP contribution is -2.54. The average molecular weight is 440 g/mol. The van der Waals surface area contributed by atoms with Crippen molar-refractivity contribution < 1.29 is 23.9 Å². The van der Waals surface area contributed by atoms with E-state index >= 15 is 0 Å². The Morgan fingerprint density at radius 1 is 1.06 bits per heavy atom. The standard InChI is InChI=1S/C22H29BN4O5/c23-26-10-6-14(7-11-26)8-12-32-13-9-24-16-3-1-2-15-19(16)22(31)27(21(15)30)17-4-5-18(28)25-20(17)29/h1-3,14,17,24H,4-13,23H2,(H,25,28,29). The monoisotopic (exact) mass is 440 g/mol. The Morgan fingerprint density at radius 2 is 1.84 bits per heavy atom. The van der Waals surface area contributed by atoms with Gasteiger partial charge in [0.05, 0.1) is 17.7 Å². The van der Waals surface area contributed by atoms with Gasteiger partial charge in [-0.1, -0.05) is 6.07 Å². The summed E-state index contributed by atoms with van der Waals surface area (Å²) in [4.78, 5) is 52.9. The molecule has 10 heteroatoms. The van der Waals surface area contributed by atoms with Gasteiger partial charge in [0.25, 0.3) is 11.8 Å². The molecule has 0 saturated carbocycles. The number of rotatable bonds is 8. The molecule has 0 aromatic heterocycles. The van der Waals surface area contributed by atoms with E-state index in [4.69, 9.17) is 4.74 Å². The number of amides is 4. The molecule has 32 heavy (non-hydrogen) atoms. The maximum atomic E-state index is 13.1. The highest BCUT2D eigenvalue weighted by Gasteiger charge is 2.45. The number of piperidine rings is 2. The predicted octanol–water partition coefficient (Wildman–Crippen LogP) is 0.167. The molecule has 0 radical (unpaired) electrons. The van der Waals surface area contributed by atoms with Crippen molar-refractivity contribution >= 4 is 37.3 Å². The van der Waals surface area contributed by atoms with Crippen molar-refractivity contribution in [1.29, 1.82) is 0 Å². The quantitative estimate of drug-likeness (QED) is 0.337. The third kappa shape index (κ3) is 4.71. The molecule has 0 spiro atoms. The van der Waals surface area contributed by atoms with Crippen LogP contribution in [0.15, 0.2) is 18.2 Å². The summed E-state index contributed by atoms with van der Waals surface area (Å²) >= 11 is 0. The van der Waals surface area contributed by atoms with Crippen molar-refractivity contribution in [1.82, 2.24) is 15.0 Å². The largest absolute Gasteiger partial charge is 0.382 e. The van der Waals surface area contributed by atoms with Crippen LogP contribution in [0.4, 0.5) is 5.69 Å². The zero-order valence-corrected chi connectivity index (χ0v) is 18.4. The fraction of sp³-hybridized carbons (Fsp3) is 0.545. The number of fused-ring (bicyclic) bond motifs is 1. The molecule has 2 fully saturated rings. The summed E-state index contributed by atoms with van der Waals surface area (Å²) < 4.78 is 5.77. The van der Waals surface area contributed by atoms with Crippen LogP contribution in [0, 0.1) is 5.92 Å². The number of carbonyl (C=O) groups is 4. The summed E-state index contributed by atoms with van der Waals surface area (Å²) in [6, 6.07) is 4.08. The van der Waals surface area contributed by atoms with E-state index in [9.17, 15) is 19.2 Å². The van der Waals surface area contributed by atoms with Crippen LogP contribution in [0.1, 0.15) is 52.8 Å². The highest BCUT2D eigenvalue weighted by Crippen LogP contribution is 2.32. The Labute approximate surface area is 188 Å². The third-order valence-corrected chi connectivity index (χ3v) is 6.54. The molecule has 3 aliphatic rings. The number of imide groups is 2. The van der Waals surface area contributed by atoms with Crippen molar-refractivity contribution in [3.63, 3.8) is 0 Å². The summed E-state index contributed by atoms with van der Waals surface area (Å²) in [6.45, 7) is 4.00. The van der Waals surface area contributed by atoms with E-state index in [0.29, 0.717) is 25.4 Å². The Balaban J connectivity index is 1.30. The predicted molar refractivity (Wildman–Crippen MR) is 120 cm³/mol. The first-order chi connectivity index (χ1) is 15.5. The van der Waals surface area contributed by atoms with Crippen LogP contribution in [0.3, 0.4) is 0 Å². The van der Waals surface area contributed by atoms with Gasteiger partial charge in [-0.2, -0.15) is 0 Å². The first kappa shape index (κ1) is 22.5. The lowest BCUT2D eigenvalue weighted by Gasteiger charge is -2.29. The van der Waals surface area contributed by atoms with E-state index in [1.807, 2.05) is 0 Å². The minimum Gasteiger partial charge on any atom is -0.382 e. The Kier molecular flexibility index (Phi) is 6.90. The van der Waals surface area contributed by atoms with E-state index in [1.54, 1.807) is 18.2 Å². The summed E-state index contributed by atoms with van der Waals surface area (Å²) in [7, 11) is 2.15. The Hall–Kier alpha value is -2.72. The molecule has 170 valence electrons. The van der Waals surface area contributed by atoms with Crippen LogP contribution in [-0.2, 0) is 14.3 Å². The van der Waals surface area contributed by atoms with Gasteiger partial charge in [-0.25, -0.2) is 0 Å². The number of carbonyl (C=O) groups excluding carboxylic acids is 4. The van der Waals surface area contributed by atoms with Gasteiger partial charge in [0.2, 0.25) is 11.8 Å². The van der Waals surface area contributed by atoms with Crippen molar-refractivity contribution in [3.8, 4) is 0 Å². The number of nitrogens with one attached hydrogen (secondary N) is 2. The van der Waals surface area contributed by atoms with Gasteiger partial charge >= 0.3 is 0 Å². The molecule has 0 bridgehead atoms. The third-order valence-electron chi connectivity index (χ3n) is 6.54. The van der Waals surface area contributed by atoms with E-state index in [1.165, 1.54) is 12.8 Å². The zero-order valence-electron chi connectivity index (χ0n) is 18.4. The number of hydrogen-bond acceptors (Lipinski definition) is 7. The summed E-state index contributed by atoms with van der Waals surface area (Å²) in [5.74, 6) is -1.29. The molecule has 4 amide bonds. The summed E-state index contributed by atoms with van der Waals surface area (Å²) in [5, 5.41) is 5.41. The fourth-order valence-corrected chi connectivity index (χ4v) is 4.62. The van der Waals surface area contributed by atoms with Crippen molar-refractivity contribution in [3.05, 3.63) is 29.3 Å². The van der Waals surface area contributed by atoms with Gasteiger partial charge in [0.1, 0.15) is 6.04 Å². The molecular weight excluding hydrogens is 411 g/mol. The zero-order chi connectivity index (χ0) is 22.7. The highest BCUT2D eigenvalue weighted by molar-refractivity contribution is 6.25. The highest BCUT2D eigenvalue weighted by atomic mass is 16.5. The molecule has 1 aromatic rings. The molecule has 9 nitrogen and oxygen atoms in total. The molecule has 1 atom stereocenters. The second-order valence-corrected chi connectivity index (χ2v) is 8.75. The number of nitrogens with zero attached hydrogens (tertiary/aromatic N) is 2. The maximum Gasteiger partial charge on any atom is 0.264 e. The smallest absolute Gasteiger partial charge is 0.264 e. The van der Waals surface area contributed by atoms with Crippen molar-refractivity contribution in [2.75, 3.05) is 38.2 Å². The van der Waals surface area contributed by atoms with Crippen LogP contribution in [0.25, 0.3) is 0 Å². The lowest BCUT2D eigenvalue weighted by atomic mass is 9.92. The molecule has 1 aromatic carbocycles. The van der Waals surface area contributed by atoms with Crippen LogP contribution >= 0.6 is 0 Å². The fourth-order valence-electron chi connectivity index (χ4n) is 4.62. The Bertz CT molecular complexity index is 916. The molecule has 4 rings (SSSR count). The second kappa shape index (κ2) is 9.83. The van der Waals surface area contributed by atoms with E-state index < -0.39 is 23.8 Å². The molecule has 0 aliphatic carbocycles. The topological polar surface area (TPSA) is 108 Å². The minimum absolute atomic E-state index is 0.101. The first-order valence-corrected chi connectivity index (χ1v) is 11.3. The second-order valence-electron chi connectivity index (χ2n) is 8.75. The molecule has 2 N–H and O–H groups in total. The summed E-state index contributed by atoms with van der Waals surface area (Å²) in [5.41, 5.74) is 1.09. The van der Waals surface area contributed by atoms with Crippen LogP contribution in [0.5, 0.6) is 0 Å². The first-order valence-electron chi connectivity index (χ1n) is 11.3. The Morgan fingerprint density at radius 3 is 2.59 bits per heavy atom. The van der Waals surface area contributed by atoms with Gasteiger partial charge in [0.15, 0.2) is 7.98 Å². The van der Waals surface area contributed by atoms with Crippen LogP contribution < -0.4 is 10.6 Å². The van der Waals surface area contributed by atoms with Gasteiger partial charge < -0.3 is 14.9 Å². The number of ether oxygens (including phenoxy) is 1. The van der Waals surface area contributed by atoms with Gasteiger partial charge in [0, 0.05) is 25.3 Å². The van der Waals surface area contributed by atoms with Gasteiger partial charge in [-0.05, 0) is 56.8 Å². The number of benzene rings is 1. The lowest BCUT2D eigenvalue weighted by molar-refractivity contribution is -0.136. The molecule has 2 saturated heterocycles. The maximum absolute atomic E-state index is 13.1. The molecule has 1 unspecified atom stereocenters.